The lowest BCUT2D eigenvalue weighted by Gasteiger charge is -2.13. The molecule has 0 bridgehead atoms. The molecule has 6 nitrogen and oxygen atoms in total. The molecule has 0 spiro atoms. The van der Waals surface area contributed by atoms with Crippen LogP contribution in [0.15, 0.2) is 15.9 Å². The van der Waals surface area contributed by atoms with Crippen LogP contribution in [0.2, 0.25) is 0 Å². The molecule has 0 saturated carbocycles. The summed E-state index contributed by atoms with van der Waals surface area (Å²) in [4.78, 5) is 34.2. The first kappa shape index (κ1) is 17.6. The summed E-state index contributed by atoms with van der Waals surface area (Å²) in [6.07, 6.45) is 1.17. The van der Waals surface area contributed by atoms with Crippen molar-refractivity contribution in [3.05, 3.63) is 20.8 Å². The van der Waals surface area contributed by atoms with Crippen LogP contribution >= 0.6 is 27.3 Å². The van der Waals surface area contributed by atoms with Crippen molar-refractivity contribution in [3.63, 3.8) is 0 Å². The van der Waals surface area contributed by atoms with Crippen molar-refractivity contribution in [2.45, 2.75) is 38.1 Å². The van der Waals surface area contributed by atoms with Gasteiger partial charge in [0.2, 0.25) is 5.91 Å². The molecule has 0 aromatic carbocycles. The SMILES string of the molecule is O=C(O)CC[C@H](NC(=O)CCCc1ccc(Br)s1)C(=O)O. The highest BCUT2D eigenvalue weighted by Gasteiger charge is 2.20. The molecule has 8 heteroatoms. The van der Waals surface area contributed by atoms with E-state index in [1.54, 1.807) is 11.3 Å². The van der Waals surface area contributed by atoms with Crippen molar-refractivity contribution in [1.29, 1.82) is 0 Å². The van der Waals surface area contributed by atoms with Gasteiger partial charge >= 0.3 is 11.9 Å². The van der Waals surface area contributed by atoms with E-state index in [0.29, 0.717) is 6.42 Å². The Labute approximate surface area is 134 Å². The second-order valence-corrected chi connectivity index (χ2v) is 7.00. The quantitative estimate of drug-likeness (QED) is 0.612. The largest absolute Gasteiger partial charge is 0.481 e. The summed E-state index contributed by atoms with van der Waals surface area (Å²) in [6, 6.07) is 2.76. The van der Waals surface area contributed by atoms with Crippen LogP contribution < -0.4 is 5.32 Å². The van der Waals surface area contributed by atoms with Crippen LogP contribution in [0.3, 0.4) is 0 Å². The zero-order valence-corrected chi connectivity index (χ0v) is 13.6. The topological polar surface area (TPSA) is 104 Å². The van der Waals surface area contributed by atoms with Gasteiger partial charge in [0, 0.05) is 17.7 Å². The molecule has 0 unspecified atom stereocenters. The fourth-order valence-electron chi connectivity index (χ4n) is 1.70. The molecule has 1 aromatic heterocycles. The minimum atomic E-state index is -1.22. The summed E-state index contributed by atoms with van der Waals surface area (Å²) in [5, 5.41) is 19.8. The lowest BCUT2D eigenvalue weighted by atomic mass is 10.1. The Bertz CT molecular complexity index is 516. The summed E-state index contributed by atoms with van der Waals surface area (Å²) >= 11 is 4.95. The van der Waals surface area contributed by atoms with Crippen LogP contribution in [-0.2, 0) is 20.8 Å². The predicted octanol–water partition coefficient (Wildman–Crippen LogP) is 2.27. The number of carboxylic acids is 2. The summed E-state index contributed by atoms with van der Waals surface area (Å²) in [5.41, 5.74) is 0. The molecule has 3 N–H and O–H groups in total. The van der Waals surface area contributed by atoms with E-state index in [1.165, 1.54) is 0 Å². The van der Waals surface area contributed by atoms with Gasteiger partial charge < -0.3 is 15.5 Å². The third kappa shape index (κ3) is 7.24. The normalized spacial score (nSPS) is 11.9. The van der Waals surface area contributed by atoms with Crippen LogP contribution in [0.5, 0.6) is 0 Å². The average Bonchev–Trinajstić information content (AvgIpc) is 2.79. The van der Waals surface area contributed by atoms with Crippen molar-refractivity contribution in [3.8, 4) is 0 Å². The molecule has 0 aliphatic heterocycles. The molecule has 1 amide bonds. The zero-order valence-electron chi connectivity index (χ0n) is 11.2. The van der Waals surface area contributed by atoms with Gasteiger partial charge in [-0.15, -0.1) is 11.3 Å². The molecule has 1 atom stereocenters. The molecule has 21 heavy (non-hydrogen) atoms. The highest BCUT2D eigenvalue weighted by Crippen LogP contribution is 2.23. The third-order valence-corrected chi connectivity index (χ3v) is 4.42. The molecule has 0 aliphatic carbocycles. The number of carboxylic acid groups (broad SMARTS) is 2. The molecule has 0 aliphatic rings. The highest BCUT2D eigenvalue weighted by molar-refractivity contribution is 9.11. The van der Waals surface area contributed by atoms with E-state index in [-0.39, 0.29) is 25.2 Å². The van der Waals surface area contributed by atoms with E-state index in [9.17, 15) is 14.4 Å². The summed E-state index contributed by atoms with van der Waals surface area (Å²) in [5.74, 6) is -2.67. The Morgan fingerprint density at radius 1 is 1.24 bits per heavy atom. The minimum Gasteiger partial charge on any atom is -0.481 e. The Kier molecular flexibility index (Phi) is 7.38. The van der Waals surface area contributed by atoms with Crippen LogP contribution in [0.1, 0.15) is 30.6 Å². The van der Waals surface area contributed by atoms with Crippen molar-refractivity contribution in [2.24, 2.45) is 0 Å². The van der Waals surface area contributed by atoms with Gasteiger partial charge in [-0.05, 0) is 47.3 Å². The first-order valence-corrected chi connectivity index (χ1v) is 7.97. The monoisotopic (exact) mass is 377 g/mol. The van der Waals surface area contributed by atoms with Crippen LogP contribution in [0.25, 0.3) is 0 Å². The van der Waals surface area contributed by atoms with E-state index < -0.39 is 18.0 Å². The lowest BCUT2D eigenvalue weighted by Crippen LogP contribution is -2.41. The summed E-state index contributed by atoms with van der Waals surface area (Å²) in [6.45, 7) is 0. The average molecular weight is 378 g/mol. The number of hydrogen-bond donors (Lipinski definition) is 3. The number of halogens is 1. The molecular weight excluding hydrogens is 362 g/mol. The van der Waals surface area contributed by atoms with Gasteiger partial charge in [0.25, 0.3) is 0 Å². The number of rotatable bonds is 9. The Morgan fingerprint density at radius 3 is 2.48 bits per heavy atom. The number of carbonyl (C=O) groups is 3. The van der Waals surface area contributed by atoms with Crippen molar-refractivity contribution < 1.29 is 24.6 Å². The van der Waals surface area contributed by atoms with Crippen LogP contribution in [-0.4, -0.2) is 34.1 Å². The molecule has 0 fully saturated rings. The van der Waals surface area contributed by atoms with Crippen molar-refractivity contribution in [2.75, 3.05) is 0 Å². The smallest absolute Gasteiger partial charge is 0.326 e. The van der Waals surface area contributed by atoms with Gasteiger partial charge in [0.05, 0.1) is 3.79 Å². The number of aliphatic carboxylic acids is 2. The summed E-state index contributed by atoms with van der Waals surface area (Å²) in [7, 11) is 0. The van der Waals surface area contributed by atoms with Crippen LogP contribution in [0.4, 0.5) is 0 Å². The Balaban J connectivity index is 2.32. The van der Waals surface area contributed by atoms with Gasteiger partial charge in [0.15, 0.2) is 0 Å². The third-order valence-electron chi connectivity index (χ3n) is 2.74. The van der Waals surface area contributed by atoms with Crippen molar-refractivity contribution in [1.82, 2.24) is 5.32 Å². The van der Waals surface area contributed by atoms with Crippen LogP contribution in [0, 0.1) is 0 Å². The number of carbonyl (C=O) groups excluding carboxylic acids is 1. The zero-order chi connectivity index (χ0) is 15.8. The molecule has 116 valence electrons. The fourth-order valence-corrected chi connectivity index (χ4v) is 3.23. The number of amides is 1. The first-order chi connectivity index (χ1) is 9.88. The highest BCUT2D eigenvalue weighted by atomic mass is 79.9. The standard InChI is InChI=1S/C13H16BrNO5S/c14-10-6-4-8(21-10)2-1-3-11(16)15-9(13(19)20)5-7-12(17)18/h4,6,9H,1-3,5,7H2,(H,15,16)(H,17,18)(H,19,20)/t9-/m0/s1. The second kappa shape index (κ2) is 8.78. The second-order valence-electron chi connectivity index (χ2n) is 4.45. The number of hydrogen-bond acceptors (Lipinski definition) is 4. The van der Waals surface area contributed by atoms with Gasteiger partial charge in [-0.1, -0.05) is 0 Å². The number of nitrogens with one attached hydrogen (secondary N) is 1. The van der Waals surface area contributed by atoms with Gasteiger partial charge in [-0.3, -0.25) is 9.59 Å². The van der Waals surface area contributed by atoms with Gasteiger partial charge in [0.1, 0.15) is 6.04 Å². The van der Waals surface area contributed by atoms with E-state index in [4.69, 9.17) is 10.2 Å². The summed E-state index contributed by atoms with van der Waals surface area (Å²) < 4.78 is 1.03. The fraction of sp³-hybridized carbons (Fsp3) is 0.462. The van der Waals surface area contributed by atoms with E-state index >= 15 is 0 Å². The van der Waals surface area contributed by atoms with Gasteiger partial charge in [-0.2, -0.15) is 0 Å². The molecule has 1 heterocycles. The van der Waals surface area contributed by atoms with E-state index in [1.807, 2.05) is 12.1 Å². The van der Waals surface area contributed by atoms with Crippen molar-refractivity contribution >= 4 is 45.1 Å². The maximum Gasteiger partial charge on any atom is 0.326 e. The Morgan fingerprint density at radius 2 is 1.95 bits per heavy atom. The lowest BCUT2D eigenvalue weighted by molar-refractivity contribution is -0.143. The maximum absolute atomic E-state index is 11.7. The predicted molar refractivity (Wildman–Crippen MR) is 81.4 cm³/mol. The van der Waals surface area contributed by atoms with E-state index in [2.05, 4.69) is 21.2 Å². The molecule has 0 saturated heterocycles. The Hall–Kier alpha value is -1.41. The number of thiophene rings is 1. The maximum atomic E-state index is 11.7. The minimum absolute atomic E-state index is 0.117. The first-order valence-electron chi connectivity index (χ1n) is 6.36. The van der Waals surface area contributed by atoms with E-state index in [0.717, 1.165) is 15.1 Å². The molecule has 1 rings (SSSR count). The number of aryl methyl sites for hydroxylation is 1. The molecule has 0 radical (unpaired) electrons. The molecular formula is C13H16BrNO5S. The van der Waals surface area contributed by atoms with Gasteiger partial charge in [-0.25, -0.2) is 4.79 Å². The molecule has 1 aromatic rings.